The van der Waals surface area contributed by atoms with E-state index in [1.807, 2.05) is 13.0 Å². The van der Waals surface area contributed by atoms with Gasteiger partial charge in [0, 0.05) is 28.9 Å². The molecule has 0 fully saturated rings. The molecule has 0 aromatic carbocycles. The molecule has 0 unspecified atom stereocenters. The van der Waals surface area contributed by atoms with E-state index in [-0.39, 0.29) is 5.95 Å². The number of hydrogen-bond donors (Lipinski definition) is 1. The summed E-state index contributed by atoms with van der Waals surface area (Å²) in [6.45, 7) is 1.97. The Bertz CT molecular complexity index is 514. The van der Waals surface area contributed by atoms with Crippen molar-refractivity contribution in [2.45, 2.75) is 13.3 Å². The van der Waals surface area contributed by atoms with E-state index in [2.05, 4.69) is 35.9 Å². The van der Waals surface area contributed by atoms with Crippen molar-refractivity contribution >= 4 is 21.9 Å². The summed E-state index contributed by atoms with van der Waals surface area (Å²) in [4.78, 5) is 16.5. The van der Waals surface area contributed by atoms with Gasteiger partial charge < -0.3 is 5.73 Å². The van der Waals surface area contributed by atoms with Crippen LogP contribution in [0.2, 0.25) is 0 Å². The van der Waals surface area contributed by atoms with Crippen LogP contribution >= 0.6 is 15.9 Å². The Morgan fingerprint density at radius 1 is 1.25 bits per heavy atom. The van der Waals surface area contributed by atoms with Crippen LogP contribution in [0.3, 0.4) is 0 Å². The van der Waals surface area contributed by atoms with Crippen molar-refractivity contribution in [3.63, 3.8) is 0 Å². The largest absolute Gasteiger partial charge is 0.368 e. The van der Waals surface area contributed by atoms with Crippen LogP contribution in [0.4, 0.5) is 5.95 Å². The van der Waals surface area contributed by atoms with Crippen LogP contribution in [0.5, 0.6) is 0 Å². The van der Waals surface area contributed by atoms with Crippen LogP contribution in [0.1, 0.15) is 12.7 Å². The van der Waals surface area contributed by atoms with Gasteiger partial charge in [-0.05, 0) is 22.0 Å². The third-order valence-electron chi connectivity index (χ3n) is 1.98. The summed E-state index contributed by atoms with van der Waals surface area (Å²) in [5, 5.41) is 0. The Morgan fingerprint density at radius 2 is 2.06 bits per heavy atom. The number of halogens is 1. The van der Waals surface area contributed by atoms with E-state index in [0.717, 1.165) is 16.5 Å². The molecule has 2 rings (SSSR count). The van der Waals surface area contributed by atoms with E-state index in [0.29, 0.717) is 11.6 Å². The maximum atomic E-state index is 5.62. The van der Waals surface area contributed by atoms with E-state index in [1.165, 1.54) is 0 Å². The molecule has 0 spiro atoms. The summed E-state index contributed by atoms with van der Waals surface area (Å²) >= 11 is 3.35. The third-order valence-corrected chi connectivity index (χ3v) is 2.41. The maximum absolute atomic E-state index is 5.62. The third kappa shape index (κ3) is 2.33. The molecule has 2 N–H and O–H groups in total. The van der Waals surface area contributed by atoms with Crippen molar-refractivity contribution in [3.8, 4) is 11.4 Å². The molecule has 0 bridgehead atoms. The highest BCUT2D eigenvalue weighted by Crippen LogP contribution is 2.18. The highest BCUT2D eigenvalue weighted by atomic mass is 79.9. The zero-order chi connectivity index (χ0) is 11.5. The number of nitrogens with two attached hydrogens (primary N) is 1. The SMILES string of the molecule is CCc1nc(N)nc(-c2cncc(Br)c2)n1. The molecule has 2 aromatic heterocycles. The first-order chi connectivity index (χ1) is 7.69. The molecule has 0 amide bonds. The second kappa shape index (κ2) is 4.52. The summed E-state index contributed by atoms with van der Waals surface area (Å²) in [5.74, 6) is 1.47. The second-order valence-corrected chi connectivity index (χ2v) is 4.09. The van der Waals surface area contributed by atoms with Crippen LogP contribution in [-0.4, -0.2) is 19.9 Å². The molecule has 16 heavy (non-hydrogen) atoms. The van der Waals surface area contributed by atoms with Crippen LogP contribution < -0.4 is 5.73 Å². The molecule has 6 heteroatoms. The Labute approximate surface area is 101 Å². The highest BCUT2D eigenvalue weighted by Gasteiger charge is 2.06. The first kappa shape index (κ1) is 10.9. The van der Waals surface area contributed by atoms with Gasteiger partial charge >= 0.3 is 0 Å². The minimum Gasteiger partial charge on any atom is -0.368 e. The van der Waals surface area contributed by atoms with E-state index in [4.69, 9.17) is 5.73 Å². The van der Waals surface area contributed by atoms with E-state index in [1.54, 1.807) is 12.4 Å². The lowest BCUT2D eigenvalue weighted by molar-refractivity contribution is 0.912. The number of nitrogen functional groups attached to an aromatic ring is 1. The van der Waals surface area contributed by atoms with Crippen molar-refractivity contribution in [1.29, 1.82) is 0 Å². The molecule has 2 aromatic rings. The average molecular weight is 280 g/mol. The molecule has 2 heterocycles. The van der Waals surface area contributed by atoms with Gasteiger partial charge in [0.2, 0.25) is 5.95 Å². The van der Waals surface area contributed by atoms with Gasteiger partial charge in [-0.3, -0.25) is 4.98 Å². The lowest BCUT2D eigenvalue weighted by atomic mass is 10.2. The molecule has 0 saturated carbocycles. The summed E-state index contributed by atoms with van der Waals surface area (Å²) in [6, 6.07) is 1.89. The second-order valence-electron chi connectivity index (χ2n) is 3.18. The Morgan fingerprint density at radius 3 is 2.75 bits per heavy atom. The first-order valence-corrected chi connectivity index (χ1v) is 5.59. The summed E-state index contributed by atoms with van der Waals surface area (Å²) in [6.07, 6.45) is 4.12. The van der Waals surface area contributed by atoms with Crippen LogP contribution in [0.15, 0.2) is 22.9 Å². The fourth-order valence-electron chi connectivity index (χ4n) is 1.26. The number of aromatic nitrogens is 4. The van der Waals surface area contributed by atoms with Gasteiger partial charge in [-0.1, -0.05) is 6.92 Å². The van der Waals surface area contributed by atoms with Crippen molar-refractivity contribution in [1.82, 2.24) is 19.9 Å². The minimum atomic E-state index is 0.238. The number of anilines is 1. The smallest absolute Gasteiger partial charge is 0.223 e. The van der Waals surface area contributed by atoms with Gasteiger partial charge in [0.25, 0.3) is 0 Å². The van der Waals surface area contributed by atoms with Gasteiger partial charge in [-0.15, -0.1) is 0 Å². The summed E-state index contributed by atoms with van der Waals surface area (Å²) < 4.78 is 0.877. The first-order valence-electron chi connectivity index (χ1n) is 4.80. The summed E-state index contributed by atoms with van der Waals surface area (Å²) in [5.41, 5.74) is 6.43. The standard InChI is InChI=1S/C10H10BrN5/c1-2-8-14-9(16-10(12)15-8)6-3-7(11)5-13-4-6/h3-5H,2H2,1H3,(H2,12,14,15,16). The summed E-state index contributed by atoms with van der Waals surface area (Å²) in [7, 11) is 0. The van der Waals surface area contributed by atoms with Gasteiger partial charge in [-0.2, -0.15) is 9.97 Å². The minimum absolute atomic E-state index is 0.238. The zero-order valence-corrected chi connectivity index (χ0v) is 10.3. The predicted octanol–water partition coefficient (Wildman–Crippen LogP) is 1.84. The molecule has 0 aliphatic heterocycles. The van der Waals surface area contributed by atoms with Gasteiger partial charge in [0.05, 0.1) is 0 Å². The van der Waals surface area contributed by atoms with E-state index in [9.17, 15) is 0 Å². The molecule has 0 aliphatic carbocycles. The molecular weight excluding hydrogens is 270 g/mol. The van der Waals surface area contributed by atoms with Gasteiger partial charge in [-0.25, -0.2) is 4.98 Å². The molecule has 0 radical (unpaired) electrons. The Balaban J connectivity index is 2.51. The number of nitrogens with zero attached hydrogens (tertiary/aromatic N) is 4. The van der Waals surface area contributed by atoms with Crippen molar-refractivity contribution in [3.05, 3.63) is 28.8 Å². The van der Waals surface area contributed by atoms with Crippen molar-refractivity contribution < 1.29 is 0 Å². The monoisotopic (exact) mass is 279 g/mol. The molecule has 0 atom stereocenters. The fourth-order valence-corrected chi connectivity index (χ4v) is 1.62. The topological polar surface area (TPSA) is 77.6 Å². The quantitative estimate of drug-likeness (QED) is 0.908. The van der Waals surface area contributed by atoms with E-state index >= 15 is 0 Å². The average Bonchev–Trinajstić information content (AvgIpc) is 2.28. The van der Waals surface area contributed by atoms with Gasteiger partial charge in [0.1, 0.15) is 5.82 Å². The lowest BCUT2D eigenvalue weighted by Gasteiger charge is -2.03. The Hall–Kier alpha value is -1.56. The number of hydrogen-bond acceptors (Lipinski definition) is 5. The lowest BCUT2D eigenvalue weighted by Crippen LogP contribution is -2.04. The maximum Gasteiger partial charge on any atom is 0.223 e. The van der Waals surface area contributed by atoms with Gasteiger partial charge in [0.15, 0.2) is 5.82 Å². The molecule has 0 saturated heterocycles. The van der Waals surface area contributed by atoms with Crippen molar-refractivity contribution in [2.24, 2.45) is 0 Å². The molecule has 82 valence electrons. The molecule has 5 nitrogen and oxygen atoms in total. The number of rotatable bonds is 2. The zero-order valence-electron chi connectivity index (χ0n) is 8.68. The van der Waals surface area contributed by atoms with Crippen LogP contribution in [-0.2, 0) is 6.42 Å². The molecular formula is C10H10BrN5. The van der Waals surface area contributed by atoms with E-state index < -0.39 is 0 Å². The fraction of sp³-hybridized carbons (Fsp3) is 0.200. The van der Waals surface area contributed by atoms with Crippen molar-refractivity contribution in [2.75, 3.05) is 5.73 Å². The Kier molecular flexibility index (Phi) is 3.09. The predicted molar refractivity (Wildman–Crippen MR) is 64.5 cm³/mol. The van der Waals surface area contributed by atoms with Crippen LogP contribution in [0, 0.1) is 0 Å². The number of pyridine rings is 1. The highest BCUT2D eigenvalue weighted by molar-refractivity contribution is 9.10. The normalized spacial score (nSPS) is 10.4. The van der Waals surface area contributed by atoms with Crippen LogP contribution in [0.25, 0.3) is 11.4 Å². The number of aryl methyl sites for hydroxylation is 1. The molecule has 0 aliphatic rings.